The largest absolute Gasteiger partial charge is 0.354 e. The van der Waals surface area contributed by atoms with Gasteiger partial charge in [-0.1, -0.05) is 24.3 Å². The minimum Gasteiger partial charge on any atom is -0.354 e. The van der Waals surface area contributed by atoms with Crippen molar-refractivity contribution in [1.82, 2.24) is 15.1 Å². The molecule has 2 heterocycles. The second kappa shape index (κ2) is 9.71. The highest BCUT2D eigenvalue weighted by molar-refractivity contribution is 7.10. The van der Waals surface area contributed by atoms with E-state index < -0.39 is 0 Å². The van der Waals surface area contributed by atoms with Gasteiger partial charge in [0.15, 0.2) is 0 Å². The SMILES string of the molecule is CN(C)C(CNC(=O)C1CCN(C(=O)Nc2ccccc2)CC1)c1cccs1. The third-order valence-corrected chi connectivity index (χ3v) is 6.12. The Balaban J connectivity index is 1.45. The molecule has 0 bridgehead atoms. The van der Waals surface area contributed by atoms with E-state index in [0.29, 0.717) is 32.5 Å². The van der Waals surface area contributed by atoms with Crippen LogP contribution in [-0.2, 0) is 4.79 Å². The second-order valence-electron chi connectivity index (χ2n) is 7.30. The predicted molar refractivity (Wildman–Crippen MR) is 114 cm³/mol. The standard InChI is InChI=1S/C21H28N4O2S/c1-24(2)18(19-9-6-14-28-19)15-22-20(26)16-10-12-25(13-11-16)21(27)23-17-7-4-3-5-8-17/h3-9,14,16,18H,10-13,15H2,1-2H3,(H,22,26)(H,23,27). The summed E-state index contributed by atoms with van der Waals surface area (Å²) in [6.45, 7) is 1.79. The van der Waals surface area contributed by atoms with Crippen molar-refractivity contribution < 1.29 is 9.59 Å². The molecular weight excluding hydrogens is 372 g/mol. The van der Waals surface area contributed by atoms with Crippen molar-refractivity contribution in [1.29, 1.82) is 0 Å². The van der Waals surface area contributed by atoms with Crippen LogP contribution in [0.3, 0.4) is 0 Å². The van der Waals surface area contributed by atoms with Crippen LogP contribution in [0.2, 0.25) is 0 Å². The molecule has 7 heteroatoms. The zero-order chi connectivity index (χ0) is 19.9. The number of para-hydroxylation sites is 1. The fourth-order valence-corrected chi connectivity index (χ4v) is 4.35. The van der Waals surface area contributed by atoms with Crippen molar-refractivity contribution in [2.75, 3.05) is 39.0 Å². The van der Waals surface area contributed by atoms with Gasteiger partial charge >= 0.3 is 6.03 Å². The molecule has 3 rings (SSSR count). The van der Waals surface area contributed by atoms with Crippen LogP contribution in [0.5, 0.6) is 0 Å². The van der Waals surface area contributed by atoms with Gasteiger partial charge in [-0.05, 0) is 50.5 Å². The molecule has 1 atom stereocenters. The summed E-state index contributed by atoms with van der Waals surface area (Å²) in [6.07, 6.45) is 1.39. The van der Waals surface area contributed by atoms with E-state index in [1.54, 1.807) is 16.2 Å². The molecule has 1 aromatic heterocycles. The third-order valence-electron chi connectivity index (χ3n) is 5.14. The molecule has 150 valence electrons. The van der Waals surface area contributed by atoms with Gasteiger partial charge in [-0.2, -0.15) is 0 Å². The molecule has 0 saturated carbocycles. The minimum absolute atomic E-state index is 0.0353. The average Bonchev–Trinajstić information content (AvgIpc) is 3.23. The van der Waals surface area contributed by atoms with Crippen molar-refractivity contribution in [2.45, 2.75) is 18.9 Å². The Morgan fingerprint density at radius 1 is 1.14 bits per heavy atom. The topological polar surface area (TPSA) is 64.7 Å². The number of hydrogen-bond acceptors (Lipinski definition) is 4. The zero-order valence-corrected chi connectivity index (χ0v) is 17.2. The first-order valence-electron chi connectivity index (χ1n) is 9.63. The zero-order valence-electron chi connectivity index (χ0n) is 16.4. The first kappa shape index (κ1) is 20.4. The van der Waals surface area contributed by atoms with Crippen LogP contribution in [0.4, 0.5) is 10.5 Å². The van der Waals surface area contributed by atoms with Crippen LogP contribution in [0.1, 0.15) is 23.8 Å². The number of thiophene rings is 1. The lowest BCUT2D eigenvalue weighted by atomic mass is 9.96. The van der Waals surface area contributed by atoms with E-state index in [-0.39, 0.29) is 23.9 Å². The molecule has 28 heavy (non-hydrogen) atoms. The van der Waals surface area contributed by atoms with Crippen molar-refractivity contribution >= 4 is 29.0 Å². The van der Waals surface area contributed by atoms with Crippen LogP contribution >= 0.6 is 11.3 Å². The fourth-order valence-electron chi connectivity index (χ4n) is 3.43. The van der Waals surface area contributed by atoms with Crippen molar-refractivity contribution in [3.8, 4) is 0 Å². The first-order valence-corrected chi connectivity index (χ1v) is 10.5. The number of hydrogen-bond donors (Lipinski definition) is 2. The lowest BCUT2D eigenvalue weighted by Crippen LogP contribution is -2.45. The number of rotatable bonds is 6. The summed E-state index contributed by atoms with van der Waals surface area (Å²) in [5.74, 6) is 0.0541. The summed E-state index contributed by atoms with van der Waals surface area (Å²) in [5.41, 5.74) is 0.788. The van der Waals surface area contributed by atoms with Gasteiger partial charge in [-0.3, -0.25) is 4.79 Å². The van der Waals surface area contributed by atoms with Crippen LogP contribution in [0.25, 0.3) is 0 Å². The number of nitrogens with zero attached hydrogens (tertiary/aromatic N) is 2. The number of likely N-dealkylation sites (tertiary alicyclic amines) is 1. The van der Waals surface area contributed by atoms with Crippen LogP contribution in [0.15, 0.2) is 47.8 Å². The van der Waals surface area contributed by atoms with Crippen molar-refractivity contribution in [3.63, 3.8) is 0 Å². The maximum atomic E-state index is 12.6. The summed E-state index contributed by atoms with van der Waals surface area (Å²) in [6, 6.07) is 13.7. The molecule has 1 aliphatic heterocycles. The normalized spacial score (nSPS) is 16.0. The maximum absolute atomic E-state index is 12.6. The van der Waals surface area contributed by atoms with E-state index in [2.05, 4.69) is 27.0 Å². The van der Waals surface area contributed by atoms with Gasteiger partial charge in [0, 0.05) is 36.1 Å². The molecule has 0 aliphatic carbocycles. The number of anilines is 1. The quantitative estimate of drug-likeness (QED) is 0.781. The van der Waals surface area contributed by atoms with E-state index in [1.165, 1.54) is 4.88 Å². The predicted octanol–water partition coefficient (Wildman–Crippen LogP) is 3.41. The van der Waals surface area contributed by atoms with Crippen LogP contribution in [-0.4, -0.2) is 55.5 Å². The number of likely N-dealkylation sites (N-methyl/N-ethyl adjacent to an activating group) is 1. The van der Waals surface area contributed by atoms with Crippen LogP contribution < -0.4 is 10.6 Å². The highest BCUT2D eigenvalue weighted by atomic mass is 32.1. The van der Waals surface area contributed by atoms with Crippen LogP contribution in [0, 0.1) is 5.92 Å². The summed E-state index contributed by atoms with van der Waals surface area (Å²) in [5, 5.41) is 8.08. The van der Waals surface area contributed by atoms with E-state index in [4.69, 9.17) is 0 Å². The molecule has 1 saturated heterocycles. The molecule has 1 aliphatic rings. The molecular formula is C21H28N4O2S. The number of nitrogens with one attached hydrogen (secondary N) is 2. The van der Waals surface area contributed by atoms with Gasteiger partial charge in [-0.15, -0.1) is 11.3 Å². The Hall–Kier alpha value is -2.38. The highest BCUT2D eigenvalue weighted by Gasteiger charge is 2.28. The molecule has 1 fully saturated rings. The third kappa shape index (κ3) is 5.33. The van der Waals surface area contributed by atoms with Gasteiger partial charge in [0.1, 0.15) is 0 Å². The number of amides is 3. The molecule has 0 spiro atoms. The highest BCUT2D eigenvalue weighted by Crippen LogP contribution is 2.23. The smallest absolute Gasteiger partial charge is 0.321 e. The Morgan fingerprint density at radius 2 is 1.86 bits per heavy atom. The maximum Gasteiger partial charge on any atom is 0.321 e. The van der Waals surface area contributed by atoms with Gasteiger partial charge in [0.2, 0.25) is 5.91 Å². The lowest BCUT2D eigenvalue weighted by molar-refractivity contribution is -0.126. The second-order valence-corrected chi connectivity index (χ2v) is 8.28. The van der Waals surface area contributed by atoms with E-state index in [0.717, 1.165) is 5.69 Å². The first-order chi connectivity index (χ1) is 13.5. The van der Waals surface area contributed by atoms with Gasteiger partial charge in [0.05, 0.1) is 6.04 Å². The van der Waals surface area contributed by atoms with E-state index in [1.807, 2.05) is 50.5 Å². The Bertz CT molecular complexity index is 756. The fraction of sp³-hybridized carbons (Fsp3) is 0.429. The molecule has 2 N–H and O–H groups in total. The number of carbonyl (C=O) groups is 2. The minimum atomic E-state index is -0.101. The van der Waals surface area contributed by atoms with E-state index in [9.17, 15) is 9.59 Å². The summed E-state index contributed by atoms with van der Waals surface area (Å²) in [7, 11) is 4.06. The average molecular weight is 401 g/mol. The number of carbonyl (C=O) groups excluding carboxylic acids is 2. The summed E-state index contributed by atoms with van der Waals surface area (Å²) >= 11 is 1.71. The monoisotopic (exact) mass is 400 g/mol. The van der Waals surface area contributed by atoms with Crippen molar-refractivity contribution in [3.05, 3.63) is 52.7 Å². The summed E-state index contributed by atoms with van der Waals surface area (Å²) in [4.78, 5) is 30.2. The molecule has 2 aromatic rings. The number of piperidine rings is 1. The Labute approximate surface area is 170 Å². The molecule has 6 nitrogen and oxygen atoms in total. The summed E-state index contributed by atoms with van der Waals surface area (Å²) < 4.78 is 0. The van der Waals surface area contributed by atoms with E-state index >= 15 is 0 Å². The Kier molecular flexibility index (Phi) is 7.06. The van der Waals surface area contributed by atoms with Gasteiger partial charge < -0.3 is 20.4 Å². The molecule has 1 aromatic carbocycles. The number of benzene rings is 1. The van der Waals surface area contributed by atoms with Gasteiger partial charge in [-0.25, -0.2) is 4.79 Å². The Morgan fingerprint density at radius 3 is 2.46 bits per heavy atom. The number of urea groups is 1. The molecule has 0 radical (unpaired) electrons. The van der Waals surface area contributed by atoms with Crippen molar-refractivity contribution in [2.24, 2.45) is 5.92 Å². The van der Waals surface area contributed by atoms with Gasteiger partial charge in [0.25, 0.3) is 0 Å². The molecule has 1 unspecified atom stereocenters. The lowest BCUT2D eigenvalue weighted by Gasteiger charge is -2.32. The molecule has 3 amide bonds.